The van der Waals surface area contributed by atoms with Gasteiger partial charge in [0.1, 0.15) is 12.1 Å². The summed E-state index contributed by atoms with van der Waals surface area (Å²) in [4.78, 5) is 13.5. The fourth-order valence-corrected chi connectivity index (χ4v) is 4.04. The Labute approximate surface area is 179 Å². The van der Waals surface area contributed by atoms with E-state index in [1.54, 1.807) is 19.6 Å². The van der Waals surface area contributed by atoms with Crippen molar-refractivity contribution in [2.45, 2.75) is 31.4 Å². The minimum Gasteiger partial charge on any atom is -0.493 e. The molecule has 7 nitrogen and oxygen atoms in total. The van der Waals surface area contributed by atoms with Gasteiger partial charge in [0, 0.05) is 29.6 Å². The molecular formula is C24H22N4O3. The summed E-state index contributed by atoms with van der Waals surface area (Å²) in [5.74, 6) is 2.60. The topological polar surface area (TPSA) is 71.3 Å². The summed E-state index contributed by atoms with van der Waals surface area (Å²) in [6.45, 7) is 1.04. The number of hydrogen-bond acceptors (Lipinski definition) is 6. The van der Waals surface area contributed by atoms with Crippen molar-refractivity contribution in [3.8, 4) is 17.2 Å². The molecule has 1 atom stereocenters. The van der Waals surface area contributed by atoms with Crippen molar-refractivity contribution in [3.05, 3.63) is 71.9 Å². The molecule has 0 amide bonds. The van der Waals surface area contributed by atoms with Crippen LogP contribution in [0.3, 0.4) is 0 Å². The van der Waals surface area contributed by atoms with Crippen LogP contribution in [0.2, 0.25) is 0 Å². The van der Waals surface area contributed by atoms with Gasteiger partial charge in [-0.3, -0.25) is 4.98 Å². The number of ether oxygens (including phenoxy) is 3. The summed E-state index contributed by atoms with van der Waals surface area (Å²) in [7, 11) is 1.65. The molecule has 0 saturated heterocycles. The fraction of sp³-hybridized carbons (Fsp3) is 0.292. The van der Waals surface area contributed by atoms with E-state index in [4.69, 9.17) is 14.2 Å². The quantitative estimate of drug-likeness (QED) is 0.486. The summed E-state index contributed by atoms with van der Waals surface area (Å²) in [6.07, 6.45) is 7.76. The first kappa shape index (κ1) is 18.2. The van der Waals surface area contributed by atoms with Crippen LogP contribution in [-0.4, -0.2) is 33.2 Å². The second-order valence-electron chi connectivity index (χ2n) is 8.05. The monoisotopic (exact) mass is 414 g/mol. The molecule has 0 bridgehead atoms. The molecule has 0 radical (unpaired) electrons. The van der Waals surface area contributed by atoms with Gasteiger partial charge in [0.15, 0.2) is 23.3 Å². The van der Waals surface area contributed by atoms with E-state index in [9.17, 15) is 0 Å². The lowest BCUT2D eigenvalue weighted by atomic mass is 10.1. The van der Waals surface area contributed by atoms with Crippen LogP contribution in [0.15, 0.2) is 55.1 Å². The lowest BCUT2D eigenvalue weighted by Gasteiger charge is -2.28. The smallest absolute Gasteiger partial charge is 0.204 e. The third-order valence-corrected chi connectivity index (χ3v) is 5.85. The first-order valence-electron chi connectivity index (χ1n) is 10.5. The van der Waals surface area contributed by atoms with Gasteiger partial charge in [-0.05, 0) is 48.7 Å². The van der Waals surface area contributed by atoms with E-state index in [1.165, 1.54) is 18.5 Å². The lowest BCUT2D eigenvalue weighted by Crippen LogP contribution is -2.22. The zero-order chi connectivity index (χ0) is 20.8. The standard InChI is InChI=1S/C24H22N4O3/c1-29-20-9-15(12-28-14-27-19-3-2-8-25-24(19)28)10-21-23(20)31-22(13-30-21)17-6-7-18(26-11-17)16-4-5-16/h2-3,6-11,14,16,22H,4-5,12-13H2,1H3. The van der Waals surface area contributed by atoms with Crippen molar-refractivity contribution >= 4 is 11.2 Å². The molecule has 0 N–H and O–H groups in total. The second kappa shape index (κ2) is 7.27. The summed E-state index contributed by atoms with van der Waals surface area (Å²) in [6, 6.07) is 12.0. The highest BCUT2D eigenvalue weighted by Gasteiger charge is 2.28. The summed E-state index contributed by atoms with van der Waals surface area (Å²) in [5, 5.41) is 0. The Morgan fingerprint density at radius 1 is 1.13 bits per heavy atom. The Hall–Kier alpha value is -3.61. The van der Waals surface area contributed by atoms with Crippen LogP contribution in [0.1, 0.15) is 41.7 Å². The van der Waals surface area contributed by atoms with Gasteiger partial charge < -0.3 is 18.8 Å². The Bertz CT molecular complexity index is 1230. The molecule has 1 fully saturated rings. The largest absolute Gasteiger partial charge is 0.493 e. The maximum Gasteiger partial charge on any atom is 0.204 e. The first-order valence-corrected chi connectivity index (χ1v) is 10.5. The lowest BCUT2D eigenvalue weighted by molar-refractivity contribution is 0.0867. The molecule has 1 aromatic carbocycles. The Kier molecular flexibility index (Phi) is 4.26. The molecule has 1 unspecified atom stereocenters. The number of nitrogens with zero attached hydrogens (tertiary/aromatic N) is 4. The maximum atomic E-state index is 6.29. The van der Waals surface area contributed by atoms with Crippen LogP contribution in [0.5, 0.6) is 17.2 Å². The molecule has 1 aliphatic carbocycles. The predicted octanol–water partition coefficient (Wildman–Crippen LogP) is 4.27. The van der Waals surface area contributed by atoms with Crippen molar-refractivity contribution in [2.75, 3.05) is 13.7 Å². The summed E-state index contributed by atoms with van der Waals surface area (Å²) < 4.78 is 20.0. The molecule has 0 spiro atoms. The van der Waals surface area contributed by atoms with Crippen molar-refractivity contribution in [1.29, 1.82) is 0 Å². The molecule has 3 aromatic heterocycles. The van der Waals surface area contributed by atoms with Crippen molar-refractivity contribution in [3.63, 3.8) is 0 Å². The first-order chi connectivity index (χ1) is 15.3. The van der Waals surface area contributed by atoms with Gasteiger partial charge in [-0.2, -0.15) is 0 Å². The Morgan fingerprint density at radius 3 is 2.87 bits per heavy atom. The van der Waals surface area contributed by atoms with E-state index in [0.29, 0.717) is 36.3 Å². The highest BCUT2D eigenvalue weighted by atomic mass is 16.6. The molecule has 156 valence electrons. The van der Waals surface area contributed by atoms with E-state index in [2.05, 4.69) is 27.1 Å². The molecular weight excluding hydrogens is 392 g/mol. The van der Waals surface area contributed by atoms with E-state index in [1.807, 2.05) is 35.0 Å². The molecule has 1 aliphatic heterocycles. The average molecular weight is 414 g/mol. The van der Waals surface area contributed by atoms with E-state index < -0.39 is 0 Å². The Morgan fingerprint density at radius 2 is 2.06 bits per heavy atom. The van der Waals surface area contributed by atoms with E-state index in [-0.39, 0.29) is 6.10 Å². The van der Waals surface area contributed by atoms with E-state index in [0.717, 1.165) is 22.3 Å². The number of methoxy groups -OCH3 is 1. The van der Waals surface area contributed by atoms with Gasteiger partial charge in [-0.25, -0.2) is 9.97 Å². The van der Waals surface area contributed by atoms with Crippen LogP contribution in [0, 0.1) is 0 Å². The summed E-state index contributed by atoms with van der Waals surface area (Å²) in [5.41, 5.74) is 4.93. The van der Waals surface area contributed by atoms with Gasteiger partial charge in [0.25, 0.3) is 0 Å². The molecule has 2 aliphatic rings. The molecule has 4 heterocycles. The highest BCUT2D eigenvalue weighted by Crippen LogP contribution is 2.45. The number of benzene rings is 1. The fourth-order valence-electron chi connectivity index (χ4n) is 4.04. The van der Waals surface area contributed by atoms with Crippen molar-refractivity contribution in [2.24, 2.45) is 0 Å². The number of rotatable bonds is 5. The minimum absolute atomic E-state index is 0.213. The van der Waals surface area contributed by atoms with Crippen molar-refractivity contribution < 1.29 is 14.2 Å². The van der Waals surface area contributed by atoms with Gasteiger partial charge >= 0.3 is 0 Å². The third-order valence-electron chi connectivity index (χ3n) is 5.85. The average Bonchev–Trinajstić information content (AvgIpc) is 3.60. The second-order valence-corrected chi connectivity index (χ2v) is 8.05. The van der Waals surface area contributed by atoms with Crippen LogP contribution in [0.25, 0.3) is 11.2 Å². The van der Waals surface area contributed by atoms with Crippen LogP contribution < -0.4 is 14.2 Å². The SMILES string of the molecule is COc1cc(Cn2cnc3cccnc32)cc2c1OC(c1ccc(C3CC3)nc1)CO2. The molecule has 1 saturated carbocycles. The molecule has 4 aromatic rings. The molecule has 31 heavy (non-hydrogen) atoms. The predicted molar refractivity (Wildman–Crippen MR) is 115 cm³/mol. The number of fused-ring (bicyclic) bond motifs is 2. The minimum atomic E-state index is -0.213. The van der Waals surface area contributed by atoms with Crippen LogP contribution in [0.4, 0.5) is 0 Å². The number of imidazole rings is 1. The number of pyridine rings is 2. The van der Waals surface area contributed by atoms with Gasteiger partial charge in [-0.1, -0.05) is 6.07 Å². The van der Waals surface area contributed by atoms with Gasteiger partial charge in [0.05, 0.1) is 20.0 Å². The van der Waals surface area contributed by atoms with Crippen LogP contribution in [-0.2, 0) is 6.54 Å². The van der Waals surface area contributed by atoms with Crippen molar-refractivity contribution in [1.82, 2.24) is 19.5 Å². The maximum absolute atomic E-state index is 6.29. The zero-order valence-corrected chi connectivity index (χ0v) is 17.2. The normalized spacial score (nSPS) is 17.6. The highest BCUT2D eigenvalue weighted by molar-refractivity contribution is 5.70. The Balaban J connectivity index is 1.27. The van der Waals surface area contributed by atoms with Gasteiger partial charge in [-0.15, -0.1) is 0 Å². The molecule has 7 heteroatoms. The van der Waals surface area contributed by atoms with Crippen LogP contribution >= 0.6 is 0 Å². The zero-order valence-electron chi connectivity index (χ0n) is 17.2. The van der Waals surface area contributed by atoms with Gasteiger partial charge in [0.2, 0.25) is 5.75 Å². The number of hydrogen-bond donors (Lipinski definition) is 0. The number of aromatic nitrogens is 4. The molecule has 6 rings (SSSR count). The summed E-state index contributed by atoms with van der Waals surface area (Å²) >= 11 is 0. The van der Waals surface area contributed by atoms with E-state index >= 15 is 0 Å². The third kappa shape index (κ3) is 3.36.